The molecule has 1 heterocycles. The fourth-order valence-corrected chi connectivity index (χ4v) is 5.18. The molecule has 2 N–H and O–H groups in total. The topological polar surface area (TPSA) is 61.8 Å². The molecule has 1 aromatic heterocycles. The van der Waals surface area contributed by atoms with Crippen molar-refractivity contribution in [2.45, 2.75) is 63.8 Å². The molecule has 2 aromatic rings. The van der Waals surface area contributed by atoms with Crippen LogP contribution in [0.15, 0.2) is 40.7 Å². The summed E-state index contributed by atoms with van der Waals surface area (Å²) in [7, 11) is 5.63. The van der Waals surface area contributed by atoms with Gasteiger partial charge in [0.15, 0.2) is 5.96 Å². The van der Waals surface area contributed by atoms with E-state index in [1.54, 1.807) is 18.4 Å². The van der Waals surface area contributed by atoms with Gasteiger partial charge in [0.2, 0.25) is 0 Å². The Hall–Kier alpha value is -1.96. The number of aliphatic imine (C=N–C) groups is 1. The minimum atomic E-state index is 0.0291. The first-order chi connectivity index (χ1) is 15.0. The first kappa shape index (κ1) is 23.7. The van der Waals surface area contributed by atoms with Crippen LogP contribution >= 0.6 is 11.3 Å². The molecule has 0 radical (unpaired) electrons. The van der Waals surface area contributed by atoms with Gasteiger partial charge in [0, 0.05) is 44.7 Å². The van der Waals surface area contributed by atoms with E-state index < -0.39 is 0 Å². The van der Waals surface area contributed by atoms with E-state index in [-0.39, 0.29) is 11.6 Å². The SMILES string of the molecule is CN=C(NCC1(NC(C)c2ccccc2)CCCC1)N(C)Cc1csc(C(C)OC)n1. The fourth-order valence-electron chi connectivity index (χ4n) is 4.34. The molecule has 0 aliphatic heterocycles. The minimum Gasteiger partial charge on any atom is -0.375 e. The summed E-state index contributed by atoms with van der Waals surface area (Å²) in [5, 5.41) is 10.7. The fraction of sp³-hybridized carbons (Fsp3) is 0.583. The van der Waals surface area contributed by atoms with Gasteiger partial charge >= 0.3 is 0 Å². The third-order valence-electron chi connectivity index (χ3n) is 6.21. The average molecular weight is 444 g/mol. The summed E-state index contributed by atoms with van der Waals surface area (Å²) in [5.41, 5.74) is 2.47. The number of thiazole rings is 1. The lowest BCUT2D eigenvalue weighted by molar-refractivity contribution is 0.119. The van der Waals surface area contributed by atoms with Crippen LogP contribution in [0.4, 0.5) is 0 Å². The smallest absolute Gasteiger partial charge is 0.193 e. The molecule has 0 bridgehead atoms. The first-order valence-corrected chi connectivity index (χ1v) is 12.1. The molecule has 6 nitrogen and oxygen atoms in total. The molecule has 1 aliphatic carbocycles. The average Bonchev–Trinajstić information content (AvgIpc) is 3.44. The van der Waals surface area contributed by atoms with E-state index in [1.165, 1.54) is 31.2 Å². The van der Waals surface area contributed by atoms with Crippen molar-refractivity contribution in [1.29, 1.82) is 0 Å². The first-order valence-electron chi connectivity index (χ1n) is 11.2. The van der Waals surface area contributed by atoms with Gasteiger partial charge in [-0.25, -0.2) is 4.98 Å². The summed E-state index contributed by atoms with van der Waals surface area (Å²) in [6.45, 7) is 5.87. The molecular formula is C24H37N5OS. The van der Waals surface area contributed by atoms with E-state index in [4.69, 9.17) is 9.72 Å². The van der Waals surface area contributed by atoms with Gasteiger partial charge in [0.25, 0.3) is 0 Å². The Labute approximate surface area is 191 Å². The highest BCUT2D eigenvalue weighted by atomic mass is 32.1. The van der Waals surface area contributed by atoms with Gasteiger partial charge in [-0.05, 0) is 32.3 Å². The summed E-state index contributed by atoms with van der Waals surface area (Å²) < 4.78 is 5.38. The Balaban J connectivity index is 1.60. The molecular weight excluding hydrogens is 406 g/mol. The van der Waals surface area contributed by atoms with Crippen molar-refractivity contribution in [2.75, 3.05) is 27.7 Å². The normalized spacial score (nSPS) is 18.0. The Bertz CT molecular complexity index is 832. The van der Waals surface area contributed by atoms with Crippen LogP contribution in [-0.2, 0) is 11.3 Å². The quantitative estimate of drug-likeness (QED) is 0.441. The van der Waals surface area contributed by atoms with Crippen LogP contribution in [0.3, 0.4) is 0 Å². The number of nitrogens with zero attached hydrogens (tertiary/aromatic N) is 3. The maximum atomic E-state index is 5.38. The number of nitrogens with one attached hydrogen (secondary N) is 2. The van der Waals surface area contributed by atoms with Gasteiger partial charge in [-0.3, -0.25) is 4.99 Å². The number of hydrogen-bond donors (Lipinski definition) is 2. The molecule has 1 aromatic carbocycles. The summed E-state index contributed by atoms with van der Waals surface area (Å²) in [4.78, 5) is 11.4. The van der Waals surface area contributed by atoms with Gasteiger partial charge in [-0.1, -0.05) is 43.2 Å². The summed E-state index contributed by atoms with van der Waals surface area (Å²) >= 11 is 1.65. The second-order valence-corrected chi connectivity index (χ2v) is 9.47. The molecule has 0 spiro atoms. The van der Waals surface area contributed by atoms with Crippen molar-refractivity contribution in [2.24, 2.45) is 4.99 Å². The van der Waals surface area contributed by atoms with Crippen molar-refractivity contribution >= 4 is 17.3 Å². The number of benzene rings is 1. The van der Waals surface area contributed by atoms with Crippen LogP contribution in [-0.4, -0.2) is 49.1 Å². The monoisotopic (exact) mass is 443 g/mol. The lowest BCUT2D eigenvalue weighted by Crippen LogP contribution is -2.54. The lowest BCUT2D eigenvalue weighted by atomic mass is 9.94. The van der Waals surface area contributed by atoms with Crippen LogP contribution < -0.4 is 10.6 Å². The highest BCUT2D eigenvalue weighted by Gasteiger charge is 2.35. The zero-order valence-electron chi connectivity index (χ0n) is 19.5. The van der Waals surface area contributed by atoms with Crippen molar-refractivity contribution < 1.29 is 4.74 Å². The molecule has 2 atom stereocenters. The highest BCUT2D eigenvalue weighted by molar-refractivity contribution is 7.09. The number of guanidine groups is 1. The van der Waals surface area contributed by atoms with Gasteiger partial charge in [0.1, 0.15) is 11.1 Å². The van der Waals surface area contributed by atoms with E-state index >= 15 is 0 Å². The predicted octanol–water partition coefficient (Wildman–Crippen LogP) is 4.52. The molecule has 31 heavy (non-hydrogen) atoms. The van der Waals surface area contributed by atoms with Crippen molar-refractivity contribution in [1.82, 2.24) is 20.5 Å². The number of rotatable bonds is 9. The third-order valence-corrected chi connectivity index (χ3v) is 7.27. The predicted molar refractivity (Wildman–Crippen MR) is 130 cm³/mol. The molecule has 1 fully saturated rings. The molecule has 1 aliphatic rings. The Morgan fingerprint density at radius 1 is 1.26 bits per heavy atom. The highest BCUT2D eigenvalue weighted by Crippen LogP contribution is 2.32. The second-order valence-electron chi connectivity index (χ2n) is 8.58. The maximum absolute atomic E-state index is 5.38. The summed E-state index contributed by atoms with van der Waals surface area (Å²) in [6.07, 6.45) is 4.93. The number of ether oxygens (including phenoxy) is 1. The zero-order chi connectivity index (χ0) is 22.3. The summed E-state index contributed by atoms with van der Waals surface area (Å²) in [6, 6.07) is 11.0. The Morgan fingerprint density at radius 2 is 1.97 bits per heavy atom. The maximum Gasteiger partial charge on any atom is 0.193 e. The van der Waals surface area contributed by atoms with Gasteiger partial charge in [-0.2, -0.15) is 0 Å². The van der Waals surface area contributed by atoms with E-state index in [1.807, 2.05) is 14.0 Å². The largest absolute Gasteiger partial charge is 0.375 e. The van der Waals surface area contributed by atoms with Gasteiger partial charge in [-0.15, -0.1) is 11.3 Å². The lowest BCUT2D eigenvalue weighted by Gasteiger charge is -2.35. The van der Waals surface area contributed by atoms with E-state index in [2.05, 4.69) is 70.2 Å². The van der Waals surface area contributed by atoms with Crippen molar-refractivity contribution in [3.05, 3.63) is 52.0 Å². The Morgan fingerprint density at radius 3 is 2.61 bits per heavy atom. The standard InChI is InChI=1S/C24H37N5OS/c1-18(20-11-7-6-8-12-20)28-24(13-9-10-14-24)17-26-23(25-3)29(4)15-21-16-31-22(27-21)19(2)30-5/h6-8,11-12,16,18-19,28H,9-10,13-15,17H2,1-5H3,(H,25,26). The number of methoxy groups -OCH3 is 1. The Kier molecular flexibility index (Phi) is 8.46. The van der Waals surface area contributed by atoms with Crippen LogP contribution in [0.5, 0.6) is 0 Å². The van der Waals surface area contributed by atoms with Crippen LogP contribution in [0.1, 0.15) is 67.9 Å². The third kappa shape index (κ3) is 6.28. The zero-order valence-corrected chi connectivity index (χ0v) is 20.3. The van der Waals surface area contributed by atoms with Crippen LogP contribution in [0, 0.1) is 0 Å². The van der Waals surface area contributed by atoms with Crippen molar-refractivity contribution in [3.63, 3.8) is 0 Å². The van der Waals surface area contributed by atoms with Crippen LogP contribution in [0.2, 0.25) is 0 Å². The van der Waals surface area contributed by atoms with Crippen LogP contribution in [0.25, 0.3) is 0 Å². The molecule has 0 amide bonds. The molecule has 7 heteroatoms. The van der Waals surface area contributed by atoms with E-state index in [0.29, 0.717) is 12.6 Å². The summed E-state index contributed by atoms with van der Waals surface area (Å²) in [5.74, 6) is 0.898. The van der Waals surface area contributed by atoms with Gasteiger partial charge < -0.3 is 20.3 Å². The molecule has 1 saturated carbocycles. The molecule has 2 unspecified atom stereocenters. The van der Waals surface area contributed by atoms with E-state index in [0.717, 1.165) is 23.2 Å². The van der Waals surface area contributed by atoms with Gasteiger partial charge in [0.05, 0.1) is 12.2 Å². The van der Waals surface area contributed by atoms with E-state index in [9.17, 15) is 0 Å². The molecule has 170 valence electrons. The minimum absolute atomic E-state index is 0.0291. The molecule has 0 saturated heterocycles. The molecule has 3 rings (SSSR count). The number of hydrogen-bond acceptors (Lipinski definition) is 5. The van der Waals surface area contributed by atoms with Crippen molar-refractivity contribution in [3.8, 4) is 0 Å². The second kappa shape index (κ2) is 11.1. The number of aromatic nitrogens is 1.